The van der Waals surface area contributed by atoms with E-state index in [2.05, 4.69) is 75.8 Å². The smallest absolute Gasteiger partial charge is 0.0470 e. The van der Waals surface area contributed by atoms with Crippen LogP contribution in [0.25, 0.3) is 0 Å². The highest BCUT2D eigenvalue weighted by molar-refractivity contribution is 5.36. The Hall–Kier alpha value is -1.54. The van der Waals surface area contributed by atoms with Crippen LogP contribution in [0.15, 0.2) is 42.7 Å². The van der Waals surface area contributed by atoms with Crippen molar-refractivity contribution in [3.05, 3.63) is 59.4 Å². The SMILES string of the molecule is CC(C)(C)c1cn(Cc2ccccc2)cc1C(C)(C)N. The first-order chi connectivity index (χ1) is 9.18. The van der Waals surface area contributed by atoms with Crippen molar-refractivity contribution >= 4 is 0 Å². The molecule has 0 atom stereocenters. The summed E-state index contributed by atoms with van der Waals surface area (Å²) in [4.78, 5) is 0. The van der Waals surface area contributed by atoms with E-state index in [-0.39, 0.29) is 11.0 Å². The molecule has 1 heterocycles. The number of benzene rings is 1. The molecule has 108 valence electrons. The minimum absolute atomic E-state index is 0.105. The lowest BCUT2D eigenvalue weighted by atomic mass is 9.81. The van der Waals surface area contributed by atoms with E-state index in [4.69, 9.17) is 5.73 Å². The summed E-state index contributed by atoms with van der Waals surface area (Å²) in [5, 5.41) is 0. The molecule has 0 spiro atoms. The van der Waals surface area contributed by atoms with Crippen LogP contribution in [0.5, 0.6) is 0 Å². The fourth-order valence-electron chi connectivity index (χ4n) is 2.50. The molecule has 2 nitrogen and oxygen atoms in total. The van der Waals surface area contributed by atoms with E-state index >= 15 is 0 Å². The van der Waals surface area contributed by atoms with Crippen molar-refractivity contribution in [1.82, 2.24) is 4.57 Å². The monoisotopic (exact) mass is 270 g/mol. The average molecular weight is 270 g/mol. The number of hydrogen-bond donors (Lipinski definition) is 1. The van der Waals surface area contributed by atoms with E-state index < -0.39 is 0 Å². The summed E-state index contributed by atoms with van der Waals surface area (Å²) < 4.78 is 2.25. The number of hydrogen-bond acceptors (Lipinski definition) is 1. The summed E-state index contributed by atoms with van der Waals surface area (Å²) in [6, 6.07) is 10.5. The molecular formula is C18H26N2. The van der Waals surface area contributed by atoms with E-state index in [1.54, 1.807) is 0 Å². The van der Waals surface area contributed by atoms with Crippen molar-refractivity contribution in [2.45, 2.75) is 52.1 Å². The van der Waals surface area contributed by atoms with Crippen LogP contribution in [-0.4, -0.2) is 4.57 Å². The molecule has 0 radical (unpaired) electrons. The van der Waals surface area contributed by atoms with E-state index in [1.165, 1.54) is 16.7 Å². The number of rotatable bonds is 3. The molecule has 1 aromatic heterocycles. The van der Waals surface area contributed by atoms with Gasteiger partial charge in [0.25, 0.3) is 0 Å². The Bertz CT molecular complexity index is 534. The molecule has 0 amide bonds. The molecule has 0 aliphatic rings. The van der Waals surface area contributed by atoms with Gasteiger partial charge in [0.05, 0.1) is 0 Å². The van der Waals surface area contributed by atoms with Gasteiger partial charge in [-0.15, -0.1) is 0 Å². The number of aromatic nitrogens is 1. The van der Waals surface area contributed by atoms with Crippen molar-refractivity contribution in [2.24, 2.45) is 5.73 Å². The third-order valence-corrected chi connectivity index (χ3v) is 3.59. The Morgan fingerprint density at radius 2 is 1.45 bits per heavy atom. The van der Waals surface area contributed by atoms with Gasteiger partial charge < -0.3 is 10.3 Å². The van der Waals surface area contributed by atoms with Gasteiger partial charge in [0.1, 0.15) is 0 Å². The van der Waals surface area contributed by atoms with Crippen LogP contribution in [0, 0.1) is 0 Å². The minimum Gasteiger partial charge on any atom is -0.349 e. The summed E-state index contributed by atoms with van der Waals surface area (Å²) in [6.07, 6.45) is 4.45. The number of nitrogens with two attached hydrogens (primary N) is 1. The first kappa shape index (κ1) is 14.9. The van der Waals surface area contributed by atoms with E-state index in [0.29, 0.717) is 0 Å². The molecule has 0 bridgehead atoms. The topological polar surface area (TPSA) is 30.9 Å². The predicted molar refractivity (Wildman–Crippen MR) is 85.9 cm³/mol. The molecule has 0 saturated carbocycles. The summed E-state index contributed by atoms with van der Waals surface area (Å²) >= 11 is 0. The fraction of sp³-hybridized carbons (Fsp3) is 0.444. The molecule has 2 aromatic rings. The lowest BCUT2D eigenvalue weighted by Gasteiger charge is -2.26. The maximum absolute atomic E-state index is 6.35. The molecule has 2 heteroatoms. The van der Waals surface area contributed by atoms with Gasteiger partial charge in [0, 0.05) is 24.5 Å². The zero-order valence-corrected chi connectivity index (χ0v) is 13.3. The summed E-state index contributed by atoms with van der Waals surface area (Å²) in [7, 11) is 0. The van der Waals surface area contributed by atoms with Gasteiger partial charge in [0.15, 0.2) is 0 Å². The van der Waals surface area contributed by atoms with Gasteiger partial charge in [0.2, 0.25) is 0 Å². The standard InChI is InChI=1S/C18H26N2/c1-17(2,3)15-12-20(13-16(15)18(4,5)19)11-14-9-7-6-8-10-14/h6-10,12-13H,11,19H2,1-5H3. The van der Waals surface area contributed by atoms with Crippen molar-refractivity contribution in [3.8, 4) is 0 Å². The minimum atomic E-state index is -0.315. The third-order valence-electron chi connectivity index (χ3n) is 3.59. The molecule has 2 rings (SSSR count). The highest BCUT2D eigenvalue weighted by Crippen LogP contribution is 2.32. The maximum Gasteiger partial charge on any atom is 0.0470 e. The second kappa shape index (κ2) is 5.10. The van der Waals surface area contributed by atoms with Crippen LogP contribution in [0.2, 0.25) is 0 Å². The largest absolute Gasteiger partial charge is 0.349 e. The quantitative estimate of drug-likeness (QED) is 0.897. The third kappa shape index (κ3) is 3.31. The molecule has 0 saturated heterocycles. The molecular weight excluding hydrogens is 244 g/mol. The van der Waals surface area contributed by atoms with E-state index in [9.17, 15) is 0 Å². The fourth-order valence-corrected chi connectivity index (χ4v) is 2.50. The molecule has 1 aromatic carbocycles. The second-order valence-electron chi connectivity index (χ2n) is 7.22. The Labute approximate surface area is 122 Å². The van der Waals surface area contributed by atoms with Crippen LogP contribution in [-0.2, 0) is 17.5 Å². The average Bonchev–Trinajstić information content (AvgIpc) is 2.74. The van der Waals surface area contributed by atoms with Gasteiger partial charge in [-0.1, -0.05) is 51.1 Å². The van der Waals surface area contributed by atoms with Gasteiger partial charge in [-0.2, -0.15) is 0 Å². The maximum atomic E-state index is 6.35. The molecule has 0 aliphatic carbocycles. The van der Waals surface area contributed by atoms with Crippen molar-refractivity contribution in [3.63, 3.8) is 0 Å². The second-order valence-corrected chi connectivity index (χ2v) is 7.22. The highest BCUT2D eigenvalue weighted by atomic mass is 14.9. The Kier molecular flexibility index (Phi) is 3.79. The highest BCUT2D eigenvalue weighted by Gasteiger charge is 2.27. The summed E-state index contributed by atoms with van der Waals surface area (Å²) in [5.41, 5.74) is 10.0. The lowest BCUT2D eigenvalue weighted by Crippen LogP contribution is -2.31. The van der Waals surface area contributed by atoms with Crippen molar-refractivity contribution in [2.75, 3.05) is 0 Å². The summed E-state index contributed by atoms with van der Waals surface area (Å²) in [6.45, 7) is 11.8. The first-order valence-electron chi connectivity index (χ1n) is 7.21. The van der Waals surface area contributed by atoms with Gasteiger partial charge in [-0.05, 0) is 36.0 Å². The van der Waals surface area contributed by atoms with Gasteiger partial charge in [-0.25, -0.2) is 0 Å². The zero-order valence-electron chi connectivity index (χ0n) is 13.3. The van der Waals surface area contributed by atoms with Crippen LogP contribution in [0.1, 0.15) is 51.3 Å². The zero-order chi connectivity index (χ0) is 15.0. The molecule has 0 fully saturated rings. The van der Waals surface area contributed by atoms with E-state index in [0.717, 1.165) is 6.54 Å². The predicted octanol–water partition coefficient (Wildman–Crippen LogP) is 4.03. The Morgan fingerprint density at radius 1 is 0.900 bits per heavy atom. The molecule has 0 aliphatic heterocycles. The number of nitrogens with zero attached hydrogens (tertiary/aromatic N) is 1. The molecule has 0 unspecified atom stereocenters. The van der Waals surface area contributed by atoms with Gasteiger partial charge >= 0.3 is 0 Å². The van der Waals surface area contributed by atoms with Crippen molar-refractivity contribution < 1.29 is 0 Å². The van der Waals surface area contributed by atoms with Crippen LogP contribution >= 0.6 is 0 Å². The molecule has 2 N–H and O–H groups in total. The van der Waals surface area contributed by atoms with Crippen molar-refractivity contribution in [1.29, 1.82) is 0 Å². The normalized spacial score (nSPS) is 12.7. The van der Waals surface area contributed by atoms with Crippen LogP contribution in [0.4, 0.5) is 0 Å². The Morgan fingerprint density at radius 3 is 1.90 bits per heavy atom. The lowest BCUT2D eigenvalue weighted by molar-refractivity contribution is 0.515. The van der Waals surface area contributed by atoms with E-state index in [1.807, 2.05) is 6.07 Å². The Balaban J connectivity index is 2.40. The van der Waals surface area contributed by atoms with Crippen LogP contribution in [0.3, 0.4) is 0 Å². The summed E-state index contributed by atoms with van der Waals surface area (Å²) in [5.74, 6) is 0. The van der Waals surface area contributed by atoms with Gasteiger partial charge in [-0.3, -0.25) is 0 Å². The first-order valence-corrected chi connectivity index (χ1v) is 7.21. The molecule has 20 heavy (non-hydrogen) atoms. The van der Waals surface area contributed by atoms with Crippen LogP contribution < -0.4 is 5.73 Å².